The topological polar surface area (TPSA) is 61.6 Å². The van der Waals surface area contributed by atoms with Crippen molar-refractivity contribution in [2.24, 2.45) is 0 Å². The molecule has 162 valence electrons. The maximum absolute atomic E-state index is 11.1. The van der Waals surface area contributed by atoms with Crippen LogP contribution >= 0.6 is 23.5 Å². The number of nitro benzene ring substituents is 1. The average Bonchev–Trinajstić information content (AvgIpc) is 2.80. The molecule has 0 heterocycles. The van der Waals surface area contributed by atoms with Gasteiger partial charge >= 0.3 is 0 Å². The van der Waals surface area contributed by atoms with Crippen LogP contribution in [0.5, 0.6) is 11.5 Å². The molecule has 0 aliphatic rings. The summed E-state index contributed by atoms with van der Waals surface area (Å²) in [5.41, 5.74) is 2.54. The molecule has 0 saturated carbocycles. The Hall–Kier alpha value is -2.64. The number of thioether (sulfide) groups is 2. The van der Waals surface area contributed by atoms with Gasteiger partial charge in [0.25, 0.3) is 5.69 Å². The maximum Gasteiger partial charge on any atom is 0.273 e. The Balaban J connectivity index is 1.45. The van der Waals surface area contributed by atoms with E-state index in [0.717, 1.165) is 23.0 Å². The zero-order valence-corrected chi connectivity index (χ0v) is 18.8. The third kappa shape index (κ3) is 8.19. The molecule has 0 unspecified atom stereocenters. The number of rotatable bonds is 13. The van der Waals surface area contributed by atoms with Crippen LogP contribution in [-0.2, 0) is 11.5 Å². The van der Waals surface area contributed by atoms with E-state index in [0.29, 0.717) is 24.7 Å². The van der Waals surface area contributed by atoms with Crippen molar-refractivity contribution in [1.82, 2.24) is 0 Å². The van der Waals surface area contributed by atoms with Crippen LogP contribution < -0.4 is 9.47 Å². The Kier molecular flexibility index (Phi) is 9.60. The maximum atomic E-state index is 11.1. The normalized spacial score (nSPS) is 10.6. The molecule has 3 aromatic rings. The summed E-state index contributed by atoms with van der Waals surface area (Å²) < 4.78 is 11.7. The van der Waals surface area contributed by atoms with Gasteiger partial charge in [0.15, 0.2) is 11.5 Å². The van der Waals surface area contributed by atoms with Gasteiger partial charge in [0, 0.05) is 29.1 Å². The van der Waals surface area contributed by atoms with Gasteiger partial charge in [-0.1, -0.05) is 60.7 Å². The van der Waals surface area contributed by atoms with E-state index in [1.165, 1.54) is 23.3 Å². The summed E-state index contributed by atoms with van der Waals surface area (Å²) in [6.07, 6.45) is 0. The summed E-state index contributed by atoms with van der Waals surface area (Å²) in [7, 11) is 0. The minimum absolute atomic E-state index is 0.00209. The second-order valence-electron chi connectivity index (χ2n) is 6.66. The van der Waals surface area contributed by atoms with Crippen LogP contribution in [0.4, 0.5) is 5.69 Å². The van der Waals surface area contributed by atoms with Crippen molar-refractivity contribution in [3.8, 4) is 11.5 Å². The first kappa shape index (κ1) is 23.0. The molecule has 0 N–H and O–H groups in total. The number of nitrogens with zero attached hydrogens (tertiary/aromatic N) is 1. The van der Waals surface area contributed by atoms with Gasteiger partial charge in [0.05, 0.1) is 24.2 Å². The molecular formula is C24H25NO4S2. The minimum Gasteiger partial charge on any atom is -0.489 e. The lowest BCUT2D eigenvalue weighted by Gasteiger charge is -2.13. The van der Waals surface area contributed by atoms with Crippen molar-refractivity contribution in [1.29, 1.82) is 0 Å². The molecule has 0 aliphatic carbocycles. The lowest BCUT2D eigenvalue weighted by atomic mass is 10.2. The molecule has 0 radical (unpaired) electrons. The van der Waals surface area contributed by atoms with Crippen molar-refractivity contribution in [3.63, 3.8) is 0 Å². The molecule has 0 aromatic heterocycles. The molecule has 5 nitrogen and oxygen atoms in total. The molecule has 0 saturated heterocycles. The van der Waals surface area contributed by atoms with E-state index in [1.807, 2.05) is 36.4 Å². The number of ether oxygens (including phenoxy) is 2. The van der Waals surface area contributed by atoms with Crippen LogP contribution in [0.15, 0.2) is 78.9 Å². The van der Waals surface area contributed by atoms with Crippen molar-refractivity contribution < 1.29 is 14.4 Å². The van der Waals surface area contributed by atoms with Crippen molar-refractivity contribution in [2.45, 2.75) is 11.5 Å². The molecule has 3 aromatic carbocycles. The lowest BCUT2D eigenvalue weighted by molar-refractivity contribution is -0.385. The van der Waals surface area contributed by atoms with Gasteiger partial charge in [-0.25, -0.2) is 0 Å². The molecular weight excluding hydrogens is 430 g/mol. The number of nitro groups is 1. The monoisotopic (exact) mass is 455 g/mol. The number of hydrogen-bond donors (Lipinski definition) is 0. The van der Waals surface area contributed by atoms with Gasteiger partial charge in [-0.15, -0.1) is 0 Å². The van der Waals surface area contributed by atoms with E-state index in [1.54, 1.807) is 29.6 Å². The van der Waals surface area contributed by atoms with Crippen LogP contribution in [0.1, 0.15) is 11.1 Å². The fourth-order valence-corrected chi connectivity index (χ4v) is 4.34. The smallest absolute Gasteiger partial charge is 0.273 e. The van der Waals surface area contributed by atoms with E-state index in [4.69, 9.17) is 9.47 Å². The molecule has 31 heavy (non-hydrogen) atoms. The summed E-state index contributed by atoms with van der Waals surface area (Å²) in [4.78, 5) is 10.7. The van der Waals surface area contributed by atoms with Crippen molar-refractivity contribution >= 4 is 29.2 Å². The standard InChI is InChI=1S/C24H25NO4S2/c26-25(27)22-11-12-23(28-13-15-30-18-20-7-3-1-4-8-20)24(17-22)29-14-16-31-19-21-9-5-2-6-10-21/h1-12,17H,13-16,18-19H2. The third-order valence-corrected chi connectivity index (χ3v) is 6.32. The van der Waals surface area contributed by atoms with Gasteiger partial charge in [-0.3, -0.25) is 10.1 Å². The summed E-state index contributed by atoms with van der Waals surface area (Å²) in [6, 6.07) is 25.0. The van der Waals surface area contributed by atoms with Gasteiger partial charge in [0.2, 0.25) is 0 Å². The Morgan fingerprint density at radius 2 is 1.23 bits per heavy atom. The average molecular weight is 456 g/mol. The Morgan fingerprint density at radius 3 is 1.74 bits per heavy atom. The first-order valence-corrected chi connectivity index (χ1v) is 12.3. The SMILES string of the molecule is O=[N+]([O-])c1ccc(OCCSCc2ccccc2)c(OCCSCc2ccccc2)c1. The van der Waals surface area contributed by atoms with Crippen LogP contribution in [0.3, 0.4) is 0 Å². The molecule has 0 spiro atoms. The third-order valence-electron chi connectivity index (χ3n) is 4.33. The molecule has 0 atom stereocenters. The van der Waals surface area contributed by atoms with Crippen molar-refractivity contribution in [2.75, 3.05) is 24.7 Å². The van der Waals surface area contributed by atoms with Crippen LogP contribution in [0.25, 0.3) is 0 Å². The quantitative estimate of drug-likeness (QED) is 0.173. The highest BCUT2D eigenvalue weighted by molar-refractivity contribution is 7.98. The molecule has 0 fully saturated rings. The predicted octanol–water partition coefficient (Wildman–Crippen LogP) is 6.22. The van der Waals surface area contributed by atoms with Crippen LogP contribution in [0, 0.1) is 10.1 Å². The van der Waals surface area contributed by atoms with Gasteiger partial charge in [-0.05, 0) is 17.2 Å². The predicted molar refractivity (Wildman–Crippen MR) is 129 cm³/mol. The molecule has 3 rings (SSSR count). The molecule has 0 aliphatic heterocycles. The highest BCUT2D eigenvalue weighted by Crippen LogP contribution is 2.32. The first-order valence-electron chi connectivity index (χ1n) is 10.00. The highest BCUT2D eigenvalue weighted by Gasteiger charge is 2.13. The van der Waals surface area contributed by atoms with Crippen molar-refractivity contribution in [3.05, 3.63) is 100 Å². The Bertz CT molecular complexity index is 939. The van der Waals surface area contributed by atoms with Gasteiger partial charge in [0.1, 0.15) is 0 Å². The molecule has 0 amide bonds. The summed E-state index contributed by atoms with van der Waals surface area (Å²) in [5, 5.41) is 11.1. The van der Waals surface area contributed by atoms with E-state index in [9.17, 15) is 10.1 Å². The Morgan fingerprint density at radius 1 is 0.710 bits per heavy atom. The fraction of sp³-hybridized carbons (Fsp3) is 0.250. The Labute approximate surface area is 191 Å². The second-order valence-corrected chi connectivity index (χ2v) is 8.87. The van der Waals surface area contributed by atoms with E-state index >= 15 is 0 Å². The summed E-state index contributed by atoms with van der Waals surface area (Å²) in [5.74, 6) is 4.39. The van der Waals surface area contributed by atoms with E-state index in [-0.39, 0.29) is 5.69 Å². The van der Waals surface area contributed by atoms with E-state index < -0.39 is 4.92 Å². The second kappa shape index (κ2) is 12.9. The highest BCUT2D eigenvalue weighted by atomic mass is 32.2. The fourth-order valence-electron chi connectivity index (χ4n) is 2.79. The summed E-state index contributed by atoms with van der Waals surface area (Å²) in [6.45, 7) is 0.964. The summed E-state index contributed by atoms with van der Waals surface area (Å²) >= 11 is 3.55. The largest absolute Gasteiger partial charge is 0.489 e. The lowest BCUT2D eigenvalue weighted by Crippen LogP contribution is -2.06. The first-order chi connectivity index (χ1) is 15.2. The number of non-ortho nitro benzene ring substituents is 1. The zero-order chi connectivity index (χ0) is 21.7. The van der Waals surface area contributed by atoms with E-state index in [2.05, 4.69) is 24.3 Å². The van der Waals surface area contributed by atoms with Crippen LogP contribution in [0.2, 0.25) is 0 Å². The van der Waals surface area contributed by atoms with Gasteiger partial charge < -0.3 is 9.47 Å². The number of hydrogen-bond acceptors (Lipinski definition) is 6. The van der Waals surface area contributed by atoms with Crippen LogP contribution in [-0.4, -0.2) is 29.6 Å². The van der Waals surface area contributed by atoms with Gasteiger partial charge in [-0.2, -0.15) is 23.5 Å². The minimum atomic E-state index is -0.420. The number of benzene rings is 3. The molecule has 0 bridgehead atoms. The molecule has 7 heteroatoms. The zero-order valence-electron chi connectivity index (χ0n) is 17.1.